The Morgan fingerprint density at radius 3 is 2.78 bits per heavy atom. The molecule has 0 saturated carbocycles. The van der Waals surface area contributed by atoms with Crippen molar-refractivity contribution < 1.29 is 0 Å². The largest absolute Gasteiger partial charge is 0.324 e. The van der Waals surface area contributed by atoms with Gasteiger partial charge in [-0.1, -0.05) is 11.6 Å². The minimum absolute atomic E-state index is 0.0872. The molecule has 2 aromatic rings. The predicted molar refractivity (Wildman–Crippen MR) is 75.7 cm³/mol. The fourth-order valence-corrected chi connectivity index (χ4v) is 3.09. The van der Waals surface area contributed by atoms with E-state index in [2.05, 4.69) is 32.0 Å². The summed E-state index contributed by atoms with van der Waals surface area (Å²) in [4.78, 5) is 4.84. The molecule has 2 N–H and O–H groups in total. The standard InChI is InChI=1S/C16H20N2/c1-10-7-8-15-13(9-10)16(11(2)17)12-5-3-4-6-14(12)18-15/h7-9,11H,3-6,17H2,1-2H3. The van der Waals surface area contributed by atoms with Gasteiger partial charge in [0.25, 0.3) is 0 Å². The zero-order chi connectivity index (χ0) is 12.7. The molecule has 1 atom stereocenters. The molecule has 1 heterocycles. The first-order chi connectivity index (χ1) is 8.66. The SMILES string of the molecule is Cc1ccc2nc3c(c(C(C)N)c2c1)CCCC3. The van der Waals surface area contributed by atoms with Crippen LogP contribution in [0.4, 0.5) is 0 Å². The van der Waals surface area contributed by atoms with Crippen LogP contribution in [0.3, 0.4) is 0 Å². The van der Waals surface area contributed by atoms with Gasteiger partial charge in [0.2, 0.25) is 0 Å². The molecule has 0 aliphatic heterocycles. The maximum absolute atomic E-state index is 6.23. The molecule has 1 unspecified atom stereocenters. The number of hydrogen-bond acceptors (Lipinski definition) is 2. The molecule has 1 aliphatic carbocycles. The van der Waals surface area contributed by atoms with Crippen LogP contribution in [0.2, 0.25) is 0 Å². The first kappa shape index (κ1) is 11.7. The van der Waals surface area contributed by atoms with Crippen molar-refractivity contribution in [3.63, 3.8) is 0 Å². The molecule has 3 rings (SSSR count). The predicted octanol–water partition coefficient (Wildman–Crippen LogP) is 3.44. The third kappa shape index (κ3) is 1.81. The van der Waals surface area contributed by atoms with E-state index in [9.17, 15) is 0 Å². The van der Waals surface area contributed by atoms with E-state index in [0.29, 0.717) is 0 Å². The minimum Gasteiger partial charge on any atom is -0.324 e. The van der Waals surface area contributed by atoms with Gasteiger partial charge in [-0.2, -0.15) is 0 Å². The lowest BCUT2D eigenvalue weighted by Crippen LogP contribution is -2.15. The molecule has 1 aliphatic rings. The van der Waals surface area contributed by atoms with Crippen LogP contribution in [0.15, 0.2) is 18.2 Å². The Balaban J connectivity index is 2.37. The van der Waals surface area contributed by atoms with E-state index in [0.717, 1.165) is 18.4 Å². The molecule has 0 saturated heterocycles. The monoisotopic (exact) mass is 240 g/mol. The second kappa shape index (κ2) is 4.36. The summed E-state index contributed by atoms with van der Waals surface area (Å²) in [6.07, 6.45) is 4.78. The van der Waals surface area contributed by atoms with E-state index in [4.69, 9.17) is 10.7 Å². The molecular formula is C16H20N2. The van der Waals surface area contributed by atoms with Gasteiger partial charge in [0.15, 0.2) is 0 Å². The Bertz CT molecular complexity index is 600. The van der Waals surface area contributed by atoms with Gasteiger partial charge in [0, 0.05) is 17.1 Å². The van der Waals surface area contributed by atoms with Crippen LogP contribution in [0.5, 0.6) is 0 Å². The number of hydrogen-bond donors (Lipinski definition) is 1. The Morgan fingerprint density at radius 2 is 2.00 bits per heavy atom. The number of aromatic nitrogens is 1. The third-order valence-corrected chi connectivity index (χ3v) is 3.92. The molecule has 0 fully saturated rings. The maximum Gasteiger partial charge on any atom is 0.0709 e. The van der Waals surface area contributed by atoms with Crippen molar-refractivity contribution in [3.8, 4) is 0 Å². The summed E-state index contributed by atoms with van der Waals surface area (Å²) in [5, 5.41) is 1.26. The summed E-state index contributed by atoms with van der Waals surface area (Å²) < 4.78 is 0. The molecule has 1 aromatic heterocycles. The van der Waals surface area contributed by atoms with E-state index in [-0.39, 0.29) is 6.04 Å². The van der Waals surface area contributed by atoms with Crippen molar-refractivity contribution in [3.05, 3.63) is 40.6 Å². The van der Waals surface area contributed by atoms with Gasteiger partial charge in [-0.05, 0) is 62.8 Å². The van der Waals surface area contributed by atoms with Crippen molar-refractivity contribution >= 4 is 10.9 Å². The van der Waals surface area contributed by atoms with Gasteiger partial charge in [0.1, 0.15) is 0 Å². The Kier molecular flexibility index (Phi) is 2.83. The van der Waals surface area contributed by atoms with Crippen molar-refractivity contribution in [1.82, 2.24) is 4.98 Å². The van der Waals surface area contributed by atoms with E-state index < -0.39 is 0 Å². The number of aryl methyl sites for hydroxylation is 2. The van der Waals surface area contributed by atoms with Crippen LogP contribution in [0.25, 0.3) is 10.9 Å². The van der Waals surface area contributed by atoms with Gasteiger partial charge in [-0.3, -0.25) is 4.98 Å². The highest BCUT2D eigenvalue weighted by Crippen LogP contribution is 2.32. The normalized spacial score (nSPS) is 16.6. The average molecular weight is 240 g/mol. The molecule has 0 bridgehead atoms. The van der Waals surface area contributed by atoms with Crippen molar-refractivity contribution in [2.24, 2.45) is 5.73 Å². The number of nitrogens with zero attached hydrogens (tertiary/aromatic N) is 1. The highest BCUT2D eigenvalue weighted by molar-refractivity contribution is 5.85. The second-order valence-corrected chi connectivity index (χ2v) is 5.47. The van der Waals surface area contributed by atoms with Gasteiger partial charge >= 0.3 is 0 Å². The lowest BCUT2D eigenvalue weighted by Gasteiger charge is -2.22. The number of fused-ring (bicyclic) bond motifs is 2. The lowest BCUT2D eigenvalue weighted by atomic mass is 9.87. The Labute approximate surface area is 108 Å². The number of benzene rings is 1. The lowest BCUT2D eigenvalue weighted by molar-refractivity contribution is 0.655. The molecule has 2 heteroatoms. The fourth-order valence-electron chi connectivity index (χ4n) is 3.09. The third-order valence-electron chi connectivity index (χ3n) is 3.92. The van der Waals surface area contributed by atoms with Crippen LogP contribution in [0.1, 0.15) is 48.2 Å². The van der Waals surface area contributed by atoms with E-state index in [1.807, 2.05) is 0 Å². The highest BCUT2D eigenvalue weighted by atomic mass is 14.7. The highest BCUT2D eigenvalue weighted by Gasteiger charge is 2.19. The van der Waals surface area contributed by atoms with E-state index >= 15 is 0 Å². The molecule has 1 aromatic carbocycles. The van der Waals surface area contributed by atoms with Crippen LogP contribution >= 0.6 is 0 Å². The minimum atomic E-state index is 0.0872. The fraction of sp³-hybridized carbons (Fsp3) is 0.438. The van der Waals surface area contributed by atoms with Crippen LogP contribution in [-0.2, 0) is 12.8 Å². The maximum atomic E-state index is 6.23. The molecule has 0 radical (unpaired) electrons. The Hall–Kier alpha value is -1.41. The number of rotatable bonds is 1. The van der Waals surface area contributed by atoms with E-state index in [1.165, 1.54) is 40.6 Å². The molecule has 18 heavy (non-hydrogen) atoms. The first-order valence-corrected chi connectivity index (χ1v) is 6.84. The second-order valence-electron chi connectivity index (χ2n) is 5.47. The quantitative estimate of drug-likeness (QED) is 0.829. The zero-order valence-corrected chi connectivity index (χ0v) is 11.2. The summed E-state index contributed by atoms with van der Waals surface area (Å²) >= 11 is 0. The van der Waals surface area contributed by atoms with Crippen LogP contribution in [-0.4, -0.2) is 4.98 Å². The topological polar surface area (TPSA) is 38.9 Å². The molecule has 2 nitrogen and oxygen atoms in total. The van der Waals surface area contributed by atoms with Gasteiger partial charge in [0.05, 0.1) is 5.52 Å². The molecule has 0 amide bonds. The van der Waals surface area contributed by atoms with E-state index in [1.54, 1.807) is 0 Å². The smallest absolute Gasteiger partial charge is 0.0709 e. The van der Waals surface area contributed by atoms with Crippen LogP contribution < -0.4 is 5.73 Å². The summed E-state index contributed by atoms with van der Waals surface area (Å²) in [7, 11) is 0. The first-order valence-electron chi connectivity index (χ1n) is 6.84. The van der Waals surface area contributed by atoms with Gasteiger partial charge in [-0.15, -0.1) is 0 Å². The molecule has 94 valence electrons. The summed E-state index contributed by atoms with van der Waals surface area (Å²) in [5.41, 5.74) is 12.7. The van der Waals surface area contributed by atoms with Gasteiger partial charge < -0.3 is 5.73 Å². The summed E-state index contributed by atoms with van der Waals surface area (Å²) in [6, 6.07) is 6.58. The average Bonchev–Trinajstić information content (AvgIpc) is 2.35. The van der Waals surface area contributed by atoms with Crippen molar-refractivity contribution in [1.29, 1.82) is 0 Å². The van der Waals surface area contributed by atoms with Crippen molar-refractivity contribution in [2.45, 2.75) is 45.6 Å². The van der Waals surface area contributed by atoms with Crippen molar-refractivity contribution in [2.75, 3.05) is 0 Å². The van der Waals surface area contributed by atoms with Crippen LogP contribution in [0, 0.1) is 6.92 Å². The molecular weight excluding hydrogens is 220 g/mol. The summed E-state index contributed by atoms with van der Waals surface area (Å²) in [5.74, 6) is 0. The summed E-state index contributed by atoms with van der Waals surface area (Å²) in [6.45, 7) is 4.22. The van der Waals surface area contributed by atoms with Gasteiger partial charge in [-0.25, -0.2) is 0 Å². The molecule has 0 spiro atoms. The Morgan fingerprint density at radius 1 is 1.22 bits per heavy atom. The zero-order valence-electron chi connectivity index (χ0n) is 11.2. The number of pyridine rings is 1. The number of nitrogens with two attached hydrogens (primary N) is 1.